The fourth-order valence-corrected chi connectivity index (χ4v) is 5.93. The lowest BCUT2D eigenvalue weighted by Gasteiger charge is -2.28. The number of rotatable bonds is 3. The molecule has 1 atom stereocenters. The molecule has 0 aromatic carbocycles. The summed E-state index contributed by atoms with van der Waals surface area (Å²) in [6, 6.07) is 0. The summed E-state index contributed by atoms with van der Waals surface area (Å²) in [6.07, 6.45) is 5.00. The average molecular weight is 244 g/mol. The number of esters is 1. The van der Waals surface area contributed by atoms with E-state index in [4.69, 9.17) is 4.74 Å². The van der Waals surface area contributed by atoms with E-state index in [9.17, 15) is 4.79 Å². The Kier molecular flexibility index (Phi) is 3.67. The summed E-state index contributed by atoms with van der Waals surface area (Å²) in [7, 11) is 0. The standard InChI is InChI=1S/C11H16O2S2/c1-2-10(12)13-8-9-4-3-5-11(9)14-6-7-15-11/h2,9H,1,3-8H2. The third-order valence-electron chi connectivity index (χ3n) is 3.07. The molecule has 0 bridgehead atoms. The van der Waals surface area contributed by atoms with Crippen molar-refractivity contribution in [3.63, 3.8) is 0 Å². The predicted molar refractivity (Wildman–Crippen MR) is 66.1 cm³/mol. The van der Waals surface area contributed by atoms with Crippen molar-refractivity contribution in [2.75, 3.05) is 18.1 Å². The fraction of sp³-hybridized carbons (Fsp3) is 0.727. The van der Waals surface area contributed by atoms with Crippen molar-refractivity contribution >= 4 is 29.5 Å². The van der Waals surface area contributed by atoms with E-state index in [0.717, 1.165) is 0 Å². The maximum absolute atomic E-state index is 11.0. The highest BCUT2D eigenvalue weighted by Gasteiger charge is 2.46. The molecule has 0 radical (unpaired) electrons. The van der Waals surface area contributed by atoms with E-state index in [1.54, 1.807) is 0 Å². The number of carbonyl (C=O) groups is 1. The van der Waals surface area contributed by atoms with Crippen LogP contribution in [0.25, 0.3) is 0 Å². The van der Waals surface area contributed by atoms with Crippen molar-refractivity contribution in [3.05, 3.63) is 12.7 Å². The van der Waals surface area contributed by atoms with Crippen LogP contribution in [0.4, 0.5) is 0 Å². The first kappa shape index (κ1) is 11.4. The lowest BCUT2D eigenvalue weighted by atomic mass is 10.1. The van der Waals surface area contributed by atoms with E-state index in [1.165, 1.54) is 36.8 Å². The normalized spacial score (nSPS) is 28.1. The Morgan fingerprint density at radius 2 is 2.27 bits per heavy atom. The Bertz CT molecular complexity index is 254. The number of ether oxygens (including phenoxy) is 1. The van der Waals surface area contributed by atoms with Crippen LogP contribution in [0.15, 0.2) is 12.7 Å². The molecule has 1 aliphatic heterocycles. The molecular weight excluding hydrogens is 228 g/mol. The van der Waals surface area contributed by atoms with Gasteiger partial charge in [0.2, 0.25) is 0 Å². The van der Waals surface area contributed by atoms with Gasteiger partial charge in [0, 0.05) is 23.5 Å². The van der Waals surface area contributed by atoms with Crippen LogP contribution in [0, 0.1) is 5.92 Å². The van der Waals surface area contributed by atoms with Gasteiger partial charge in [-0.1, -0.05) is 13.0 Å². The predicted octanol–water partition coefficient (Wildman–Crippen LogP) is 2.69. The van der Waals surface area contributed by atoms with E-state index < -0.39 is 0 Å². The van der Waals surface area contributed by atoms with Crippen LogP contribution in [0.2, 0.25) is 0 Å². The summed E-state index contributed by atoms with van der Waals surface area (Å²) < 4.78 is 5.54. The van der Waals surface area contributed by atoms with Crippen molar-refractivity contribution in [2.24, 2.45) is 5.92 Å². The number of thioether (sulfide) groups is 2. The van der Waals surface area contributed by atoms with Crippen LogP contribution in [0.5, 0.6) is 0 Å². The van der Waals surface area contributed by atoms with Crippen molar-refractivity contribution in [1.82, 2.24) is 0 Å². The van der Waals surface area contributed by atoms with Gasteiger partial charge in [0.25, 0.3) is 0 Å². The number of carbonyl (C=O) groups excluding carboxylic acids is 1. The molecule has 2 nitrogen and oxygen atoms in total. The topological polar surface area (TPSA) is 26.3 Å². The zero-order valence-corrected chi connectivity index (χ0v) is 10.4. The summed E-state index contributed by atoms with van der Waals surface area (Å²) in [5, 5.41) is 0. The SMILES string of the molecule is C=CC(=O)OCC1CCCC12SCCS2. The van der Waals surface area contributed by atoms with Gasteiger partial charge in [0.1, 0.15) is 0 Å². The first-order valence-electron chi connectivity index (χ1n) is 5.34. The summed E-state index contributed by atoms with van der Waals surface area (Å²) in [4.78, 5) is 11.0. The van der Waals surface area contributed by atoms with Gasteiger partial charge in [-0.15, -0.1) is 23.5 Å². The molecule has 0 N–H and O–H groups in total. The molecule has 2 rings (SSSR count). The number of hydrogen-bond donors (Lipinski definition) is 0. The molecule has 1 spiro atoms. The summed E-state index contributed by atoms with van der Waals surface area (Å²) in [6.45, 7) is 3.98. The van der Waals surface area contributed by atoms with E-state index in [2.05, 4.69) is 30.1 Å². The Morgan fingerprint density at radius 1 is 1.53 bits per heavy atom. The van der Waals surface area contributed by atoms with E-state index in [-0.39, 0.29) is 5.97 Å². The molecule has 1 saturated heterocycles. The summed E-state index contributed by atoms with van der Waals surface area (Å²) in [5.41, 5.74) is 0. The first-order valence-corrected chi connectivity index (χ1v) is 7.31. The van der Waals surface area contributed by atoms with Crippen molar-refractivity contribution < 1.29 is 9.53 Å². The quantitative estimate of drug-likeness (QED) is 0.563. The molecule has 2 fully saturated rings. The fourth-order valence-electron chi connectivity index (χ4n) is 2.32. The van der Waals surface area contributed by atoms with Gasteiger partial charge in [-0.2, -0.15) is 0 Å². The molecule has 1 unspecified atom stereocenters. The van der Waals surface area contributed by atoms with Crippen LogP contribution in [0.3, 0.4) is 0 Å². The minimum Gasteiger partial charge on any atom is -0.462 e. The molecule has 1 heterocycles. The highest BCUT2D eigenvalue weighted by atomic mass is 32.2. The van der Waals surface area contributed by atoms with Crippen LogP contribution in [0.1, 0.15) is 19.3 Å². The smallest absolute Gasteiger partial charge is 0.330 e. The van der Waals surface area contributed by atoms with Gasteiger partial charge in [-0.3, -0.25) is 0 Å². The van der Waals surface area contributed by atoms with Crippen molar-refractivity contribution in [2.45, 2.75) is 23.3 Å². The maximum Gasteiger partial charge on any atom is 0.330 e. The second-order valence-corrected chi connectivity index (χ2v) is 7.04. The average Bonchev–Trinajstić information content (AvgIpc) is 2.87. The van der Waals surface area contributed by atoms with Crippen LogP contribution in [-0.4, -0.2) is 28.2 Å². The third-order valence-corrected chi connectivity index (χ3v) is 6.90. The Hall–Kier alpha value is -0.0900. The van der Waals surface area contributed by atoms with Crippen LogP contribution in [-0.2, 0) is 9.53 Å². The molecule has 1 saturated carbocycles. The van der Waals surface area contributed by atoms with E-state index in [1.807, 2.05) is 0 Å². The highest BCUT2D eigenvalue weighted by Crippen LogP contribution is 2.57. The van der Waals surface area contributed by atoms with E-state index in [0.29, 0.717) is 16.6 Å². The largest absolute Gasteiger partial charge is 0.462 e. The number of hydrogen-bond acceptors (Lipinski definition) is 4. The van der Waals surface area contributed by atoms with E-state index >= 15 is 0 Å². The van der Waals surface area contributed by atoms with Crippen LogP contribution >= 0.6 is 23.5 Å². The van der Waals surface area contributed by atoms with Gasteiger partial charge in [0.05, 0.1) is 10.7 Å². The third kappa shape index (κ3) is 2.36. The van der Waals surface area contributed by atoms with Gasteiger partial charge >= 0.3 is 5.97 Å². The minimum absolute atomic E-state index is 0.287. The summed E-state index contributed by atoms with van der Waals surface area (Å²) in [5.74, 6) is 2.75. The summed E-state index contributed by atoms with van der Waals surface area (Å²) >= 11 is 4.13. The maximum atomic E-state index is 11.0. The monoisotopic (exact) mass is 244 g/mol. The van der Waals surface area contributed by atoms with Crippen LogP contribution < -0.4 is 0 Å². The second-order valence-electron chi connectivity index (χ2n) is 3.93. The molecule has 2 aliphatic rings. The lowest BCUT2D eigenvalue weighted by Crippen LogP contribution is -2.27. The van der Waals surface area contributed by atoms with Crippen molar-refractivity contribution in [1.29, 1.82) is 0 Å². The van der Waals surface area contributed by atoms with Crippen molar-refractivity contribution in [3.8, 4) is 0 Å². The van der Waals surface area contributed by atoms with Gasteiger partial charge in [0.15, 0.2) is 0 Å². The zero-order chi connectivity index (χ0) is 10.7. The molecule has 0 amide bonds. The van der Waals surface area contributed by atoms with Gasteiger partial charge < -0.3 is 4.74 Å². The highest BCUT2D eigenvalue weighted by molar-refractivity contribution is 8.21. The molecular formula is C11H16O2S2. The Balaban J connectivity index is 1.90. The Morgan fingerprint density at radius 3 is 2.93 bits per heavy atom. The molecule has 0 aromatic rings. The second kappa shape index (κ2) is 4.83. The molecule has 84 valence electrons. The lowest BCUT2D eigenvalue weighted by molar-refractivity contribution is -0.139. The molecule has 15 heavy (non-hydrogen) atoms. The molecule has 1 aliphatic carbocycles. The molecule has 0 aromatic heterocycles. The van der Waals surface area contributed by atoms with Gasteiger partial charge in [-0.05, 0) is 12.8 Å². The van der Waals surface area contributed by atoms with Gasteiger partial charge in [-0.25, -0.2) is 4.79 Å². The first-order chi connectivity index (χ1) is 7.27. The zero-order valence-electron chi connectivity index (χ0n) is 8.74. The molecule has 4 heteroatoms. The minimum atomic E-state index is -0.287. The Labute approximate surface area is 99.2 Å².